The van der Waals surface area contributed by atoms with Crippen molar-refractivity contribution in [3.05, 3.63) is 48.0 Å². The van der Waals surface area contributed by atoms with Crippen molar-refractivity contribution in [2.24, 2.45) is 11.8 Å². The third-order valence-corrected chi connectivity index (χ3v) is 5.70. The van der Waals surface area contributed by atoms with Crippen molar-refractivity contribution in [3.8, 4) is 6.01 Å². The summed E-state index contributed by atoms with van der Waals surface area (Å²) in [6.07, 6.45) is 10.5. The van der Waals surface area contributed by atoms with Crippen molar-refractivity contribution in [1.82, 2.24) is 19.9 Å². The zero-order chi connectivity index (χ0) is 17.3. The number of methoxy groups -OCH3 is 1. The second-order valence-corrected chi connectivity index (χ2v) is 7.16. The Hall–Kier alpha value is -2.05. The van der Waals surface area contributed by atoms with E-state index in [-0.39, 0.29) is 11.8 Å². The van der Waals surface area contributed by atoms with Gasteiger partial charge in [0.15, 0.2) is 0 Å². The van der Waals surface area contributed by atoms with Crippen molar-refractivity contribution < 1.29 is 9.84 Å². The average molecular weight is 340 g/mol. The SMILES string of the molecule is COc1ncc(CN2C[C@@H]3CCC[C@@H](C2)C3(O)c2cccnc2)cn1. The maximum absolute atomic E-state index is 11.6. The Balaban J connectivity index is 1.53. The first-order chi connectivity index (χ1) is 12.2. The summed E-state index contributed by atoms with van der Waals surface area (Å²) < 4.78 is 5.02. The van der Waals surface area contributed by atoms with Crippen LogP contribution < -0.4 is 4.74 Å². The van der Waals surface area contributed by atoms with Gasteiger partial charge in [-0.05, 0) is 18.9 Å². The van der Waals surface area contributed by atoms with Gasteiger partial charge in [-0.3, -0.25) is 9.88 Å². The van der Waals surface area contributed by atoms with E-state index in [1.807, 2.05) is 30.7 Å². The molecule has 2 bridgehead atoms. The molecule has 2 atom stereocenters. The lowest BCUT2D eigenvalue weighted by Crippen LogP contribution is -2.57. The number of aliphatic hydroxyl groups is 1. The number of aromatic nitrogens is 3. The molecule has 1 N–H and O–H groups in total. The minimum atomic E-state index is -0.751. The molecule has 6 heteroatoms. The van der Waals surface area contributed by atoms with Gasteiger partial charge in [0, 0.05) is 67.4 Å². The Bertz CT molecular complexity index is 693. The van der Waals surface area contributed by atoms with Gasteiger partial charge >= 0.3 is 6.01 Å². The van der Waals surface area contributed by atoms with E-state index in [4.69, 9.17) is 4.74 Å². The number of ether oxygens (including phenoxy) is 1. The zero-order valence-corrected chi connectivity index (χ0v) is 14.5. The highest BCUT2D eigenvalue weighted by molar-refractivity contribution is 5.24. The van der Waals surface area contributed by atoms with Gasteiger partial charge < -0.3 is 9.84 Å². The van der Waals surface area contributed by atoms with Crippen LogP contribution in [-0.4, -0.2) is 45.2 Å². The predicted octanol–water partition coefficient (Wildman–Crippen LogP) is 2.00. The van der Waals surface area contributed by atoms with Crippen LogP contribution in [0.1, 0.15) is 30.4 Å². The second kappa shape index (κ2) is 6.69. The molecule has 1 saturated heterocycles. The highest BCUT2D eigenvalue weighted by Crippen LogP contribution is 2.49. The number of pyridine rings is 1. The third-order valence-electron chi connectivity index (χ3n) is 5.70. The molecule has 0 aromatic carbocycles. The van der Waals surface area contributed by atoms with Crippen LogP contribution >= 0.6 is 0 Å². The highest BCUT2D eigenvalue weighted by Gasteiger charge is 2.51. The molecular formula is C19H24N4O2. The van der Waals surface area contributed by atoms with Crippen LogP contribution in [0.4, 0.5) is 0 Å². The van der Waals surface area contributed by atoms with Gasteiger partial charge in [-0.25, -0.2) is 9.97 Å². The molecule has 0 unspecified atom stereocenters. The van der Waals surface area contributed by atoms with Crippen molar-refractivity contribution in [1.29, 1.82) is 0 Å². The van der Waals surface area contributed by atoms with Crippen LogP contribution in [0.2, 0.25) is 0 Å². The number of likely N-dealkylation sites (tertiary alicyclic amines) is 1. The summed E-state index contributed by atoms with van der Waals surface area (Å²) in [5.74, 6) is 0.478. The molecule has 1 aliphatic heterocycles. The zero-order valence-electron chi connectivity index (χ0n) is 14.5. The molecule has 0 radical (unpaired) electrons. The van der Waals surface area contributed by atoms with Gasteiger partial charge in [-0.2, -0.15) is 0 Å². The van der Waals surface area contributed by atoms with Gasteiger partial charge in [0.2, 0.25) is 0 Å². The van der Waals surface area contributed by atoms with Crippen molar-refractivity contribution >= 4 is 0 Å². The number of fused-ring (bicyclic) bond motifs is 2. The first kappa shape index (κ1) is 16.4. The Labute approximate surface area is 147 Å². The minimum Gasteiger partial charge on any atom is -0.467 e. The summed E-state index contributed by atoms with van der Waals surface area (Å²) in [7, 11) is 1.57. The molecule has 2 aromatic rings. The molecule has 1 aliphatic carbocycles. The molecule has 132 valence electrons. The van der Waals surface area contributed by atoms with Gasteiger partial charge in [0.25, 0.3) is 0 Å². The van der Waals surface area contributed by atoms with E-state index >= 15 is 0 Å². The second-order valence-electron chi connectivity index (χ2n) is 7.16. The van der Waals surface area contributed by atoms with Crippen LogP contribution in [0.3, 0.4) is 0 Å². The van der Waals surface area contributed by atoms with Crippen LogP contribution in [0, 0.1) is 11.8 Å². The van der Waals surface area contributed by atoms with E-state index < -0.39 is 5.60 Å². The molecule has 4 rings (SSSR count). The smallest absolute Gasteiger partial charge is 0.316 e. The molecule has 6 nitrogen and oxygen atoms in total. The lowest BCUT2D eigenvalue weighted by Gasteiger charge is -2.53. The van der Waals surface area contributed by atoms with Crippen LogP contribution in [0.15, 0.2) is 36.9 Å². The van der Waals surface area contributed by atoms with Crippen molar-refractivity contribution in [2.75, 3.05) is 20.2 Å². The largest absolute Gasteiger partial charge is 0.467 e. The van der Waals surface area contributed by atoms with Gasteiger partial charge in [-0.15, -0.1) is 0 Å². The predicted molar refractivity (Wildman–Crippen MR) is 92.8 cm³/mol. The van der Waals surface area contributed by atoms with E-state index in [9.17, 15) is 5.11 Å². The van der Waals surface area contributed by atoms with Gasteiger partial charge in [-0.1, -0.05) is 12.5 Å². The normalized spacial score (nSPS) is 29.4. The molecule has 0 amide bonds. The average Bonchev–Trinajstić information content (AvgIpc) is 2.64. The number of piperidine rings is 1. The maximum atomic E-state index is 11.6. The summed E-state index contributed by atoms with van der Waals surface area (Å²) in [6, 6.07) is 4.33. The quantitative estimate of drug-likeness (QED) is 0.918. The lowest BCUT2D eigenvalue weighted by atomic mass is 9.63. The van der Waals surface area contributed by atoms with Crippen LogP contribution in [0.5, 0.6) is 6.01 Å². The van der Waals surface area contributed by atoms with Gasteiger partial charge in [0.1, 0.15) is 0 Å². The molecule has 0 spiro atoms. The van der Waals surface area contributed by atoms with Crippen LogP contribution in [-0.2, 0) is 12.1 Å². The molecule has 2 aliphatic rings. The Morgan fingerprint density at radius 1 is 1.20 bits per heavy atom. The fraction of sp³-hybridized carbons (Fsp3) is 0.526. The fourth-order valence-electron chi connectivity index (χ4n) is 4.53. The molecule has 3 heterocycles. The summed E-state index contributed by atoms with van der Waals surface area (Å²) in [5.41, 5.74) is 1.29. The van der Waals surface area contributed by atoms with E-state index in [0.29, 0.717) is 6.01 Å². The van der Waals surface area contributed by atoms with Crippen molar-refractivity contribution in [2.45, 2.75) is 31.4 Å². The fourth-order valence-corrected chi connectivity index (χ4v) is 4.53. The van der Waals surface area contributed by atoms with Gasteiger partial charge in [0.05, 0.1) is 12.7 Å². The summed E-state index contributed by atoms with van der Waals surface area (Å²) in [4.78, 5) is 15.0. The number of hydrogen-bond donors (Lipinski definition) is 1. The molecule has 25 heavy (non-hydrogen) atoms. The van der Waals surface area contributed by atoms with E-state index in [1.54, 1.807) is 13.3 Å². The third kappa shape index (κ3) is 3.00. The summed E-state index contributed by atoms with van der Waals surface area (Å²) in [5, 5.41) is 11.6. The number of hydrogen-bond acceptors (Lipinski definition) is 6. The highest BCUT2D eigenvalue weighted by atomic mass is 16.5. The Kier molecular flexibility index (Phi) is 4.39. The van der Waals surface area contributed by atoms with E-state index in [1.165, 1.54) is 6.42 Å². The molecular weight excluding hydrogens is 316 g/mol. The summed E-state index contributed by atoms with van der Waals surface area (Å²) in [6.45, 7) is 2.57. The Morgan fingerprint density at radius 3 is 2.52 bits per heavy atom. The van der Waals surface area contributed by atoms with E-state index in [2.05, 4.69) is 19.9 Å². The first-order valence-corrected chi connectivity index (χ1v) is 8.90. The summed E-state index contributed by atoms with van der Waals surface area (Å²) >= 11 is 0. The topological polar surface area (TPSA) is 71.4 Å². The minimum absolute atomic E-state index is 0.239. The molecule has 2 aromatic heterocycles. The lowest BCUT2D eigenvalue weighted by molar-refractivity contribution is -0.148. The number of rotatable bonds is 4. The molecule has 1 saturated carbocycles. The standard InChI is InChI=1S/C19H24N4O2/c1-25-18-21-8-14(9-22-18)11-23-12-16-4-2-5-17(13-23)19(16,24)15-6-3-7-20-10-15/h3,6-10,16-17,24H,2,4-5,11-13H2,1H3/t16-,17-/m0/s1. The van der Waals surface area contributed by atoms with Crippen LogP contribution in [0.25, 0.3) is 0 Å². The van der Waals surface area contributed by atoms with Crippen molar-refractivity contribution in [3.63, 3.8) is 0 Å². The number of nitrogens with zero attached hydrogens (tertiary/aromatic N) is 4. The Morgan fingerprint density at radius 2 is 1.92 bits per heavy atom. The molecule has 2 fully saturated rings. The monoisotopic (exact) mass is 340 g/mol. The maximum Gasteiger partial charge on any atom is 0.316 e. The van der Waals surface area contributed by atoms with E-state index in [0.717, 1.165) is 43.6 Å². The first-order valence-electron chi connectivity index (χ1n) is 8.90.